The van der Waals surface area contributed by atoms with E-state index in [1.807, 2.05) is 0 Å². The molecule has 0 amide bonds. The highest BCUT2D eigenvalue weighted by Gasteiger charge is 2.27. The fourth-order valence-corrected chi connectivity index (χ4v) is 2.63. The predicted octanol–water partition coefficient (Wildman–Crippen LogP) is -0.0280. The van der Waals surface area contributed by atoms with Crippen LogP contribution in [0.3, 0.4) is 0 Å². The molecule has 0 N–H and O–H groups in total. The smallest absolute Gasteiger partial charge is 0.211 e. The maximum absolute atomic E-state index is 11.2. The number of nitrogens with zero attached hydrogens (tertiary/aromatic N) is 2. The lowest BCUT2D eigenvalue weighted by Gasteiger charge is -2.37. The van der Waals surface area contributed by atoms with E-state index in [1.165, 1.54) is 6.26 Å². The van der Waals surface area contributed by atoms with Crippen molar-refractivity contribution in [1.29, 1.82) is 0 Å². The number of rotatable bonds is 2. The summed E-state index contributed by atoms with van der Waals surface area (Å²) >= 11 is 0. The molecule has 78 valence electrons. The Bertz CT molecular complexity index is 263. The number of hydrogen-bond donors (Lipinski definition) is 0. The molecule has 1 fully saturated rings. The molecule has 0 saturated carbocycles. The fraction of sp³-hybridized carbons (Fsp3) is 1.00. The largest absolute Gasteiger partial charge is 0.298 e. The minimum Gasteiger partial charge on any atom is -0.298 e. The molecule has 5 heteroatoms. The average Bonchev–Trinajstić information content (AvgIpc) is 2.02. The van der Waals surface area contributed by atoms with Crippen LogP contribution in [0.4, 0.5) is 0 Å². The molecule has 1 aliphatic heterocycles. The first-order valence-electron chi connectivity index (χ1n) is 4.64. The van der Waals surface area contributed by atoms with Crippen LogP contribution in [0.5, 0.6) is 0 Å². The number of likely N-dealkylation sites (N-methyl/N-ethyl adjacent to an activating group) is 1. The molecule has 1 atom stereocenters. The van der Waals surface area contributed by atoms with Gasteiger partial charge in [-0.15, -0.1) is 0 Å². The first kappa shape index (κ1) is 10.9. The van der Waals surface area contributed by atoms with Crippen molar-refractivity contribution >= 4 is 10.0 Å². The van der Waals surface area contributed by atoms with Gasteiger partial charge in [0.2, 0.25) is 10.0 Å². The van der Waals surface area contributed by atoms with Crippen molar-refractivity contribution in [2.45, 2.75) is 19.9 Å². The molecule has 0 bridgehead atoms. The Balaban J connectivity index is 2.61. The van der Waals surface area contributed by atoms with E-state index < -0.39 is 10.0 Å². The van der Waals surface area contributed by atoms with E-state index >= 15 is 0 Å². The molecule has 1 rings (SSSR count). The Hall–Kier alpha value is -0.130. The fourth-order valence-electron chi connectivity index (χ4n) is 1.73. The van der Waals surface area contributed by atoms with Crippen LogP contribution < -0.4 is 0 Å². The highest BCUT2D eigenvalue weighted by Crippen LogP contribution is 2.11. The minimum absolute atomic E-state index is 0.341. The summed E-state index contributed by atoms with van der Waals surface area (Å²) in [7, 11) is -2.98. The third-order valence-electron chi connectivity index (χ3n) is 2.60. The van der Waals surface area contributed by atoms with E-state index in [9.17, 15) is 8.42 Å². The van der Waals surface area contributed by atoms with Crippen LogP contribution in [-0.2, 0) is 10.0 Å². The summed E-state index contributed by atoms with van der Waals surface area (Å²) in [6.45, 7) is 7.29. The van der Waals surface area contributed by atoms with Gasteiger partial charge in [0.05, 0.1) is 6.26 Å². The minimum atomic E-state index is -2.98. The lowest BCUT2D eigenvalue weighted by molar-refractivity contribution is 0.136. The molecule has 13 heavy (non-hydrogen) atoms. The quantitative estimate of drug-likeness (QED) is 0.637. The van der Waals surface area contributed by atoms with E-state index in [1.54, 1.807) is 4.31 Å². The van der Waals surface area contributed by atoms with E-state index in [4.69, 9.17) is 0 Å². The van der Waals surface area contributed by atoms with Crippen LogP contribution in [0.1, 0.15) is 13.8 Å². The van der Waals surface area contributed by atoms with Crippen LogP contribution in [0, 0.1) is 0 Å². The Morgan fingerprint density at radius 1 is 1.38 bits per heavy atom. The van der Waals surface area contributed by atoms with Gasteiger partial charge in [0.1, 0.15) is 0 Å². The summed E-state index contributed by atoms with van der Waals surface area (Å²) in [6.07, 6.45) is 1.28. The third kappa shape index (κ3) is 2.65. The van der Waals surface area contributed by atoms with Crippen LogP contribution in [0.2, 0.25) is 0 Å². The molecular weight excluding hydrogens is 188 g/mol. The van der Waals surface area contributed by atoms with Gasteiger partial charge in [-0.3, -0.25) is 4.90 Å². The number of hydrogen-bond acceptors (Lipinski definition) is 3. The van der Waals surface area contributed by atoms with E-state index in [0.29, 0.717) is 19.1 Å². The summed E-state index contributed by atoms with van der Waals surface area (Å²) in [5.41, 5.74) is 0. The lowest BCUT2D eigenvalue weighted by atomic mass is 10.2. The second-order valence-corrected chi connectivity index (χ2v) is 5.58. The maximum Gasteiger partial charge on any atom is 0.211 e. The van der Waals surface area contributed by atoms with Gasteiger partial charge in [-0.05, 0) is 13.5 Å². The van der Waals surface area contributed by atoms with Crippen molar-refractivity contribution in [2.75, 3.05) is 32.4 Å². The molecule has 1 heterocycles. The standard InChI is InChI=1S/C8H18N2O2S/c1-4-9-5-6-10(7-8(9)2)13(3,11)12/h8H,4-7H2,1-3H3. The highest BCUT2D eigenvalue weighted by molar-refractivity contribution is 7.88. The zero-order valence-electron chi connectivity index (χ0n) is 8.52. The first-order valence-corrected chi connectivity index (χ1v) is 6.49. The SMILES string of the molecule is CCN1CCN(S(C)(=O)=O)CC1C. The first-order chi connectivity index (χ1) is 5.95. The van der Waals surface area contributed by atoms with Crippen molar-refractivity contribution in [2.24, 2.45) is 0 Å². The van der Waals surface area contributed by atoms with Gasteiger partial charge < -0.3 is 0 Å². The average molecular weight is 206 g/mol. The van der Waals surface area contributed by atoms with Crippen molar-refractivity contribution in [3.63, 3.8) is 0 Å². The van der Waals surface area contributed by atoms with Crippen molar-refractivity contribution in [1.82, 2.24) is 9.21 Å². The molecule has 1 aliphatic rings. The monoisotopic (exact) mass is 206 g/mol. The molecule has 0 aliphatic carbocycles. The predicted molar refractivity (Wildman–Crippen MR) is 53.1 cm³/mol. The van der Waals surface area contributed by atoms with Gasteiger partial charge in [-0.2, -0.15) is 4.31 Å². The summed E-state index contributed by atoms with van der Waals surface area (Å²) in [5.74, 6) is 0. The molecular formula is C8H18N2O2S. The molecule has 0 spiro atoms. The van der Waals surface area contributed by atoms with E-state index in [2.05, 4.69) is 18.7 Å². The second-order valence-electron chi connectivity index (χ2n) is 3.60. The Labute approximate surface area is 80.6 Å². The van der Waals surface area contributed by atoms with Crippen molar-refractivity contribution < 1.29 is 8.42 Å². The maximum atomic E-state index is 11.2. The normalized spacial score (nSPS) is 27.8. The summed E-state index contributed by atoms with van der Waals surface area (Å²) in [4.78, 5) is 2.29. The summed E-state index contributed by atoms with van der Waals surface area (Å²) < 4.78 is 24.0. The lowest BCUT2D eigenvalue weighted by Crippen LogP contribution is -2.53. The van der Waals surface area contributed by atoms with Gasteiger partial charge in [-0.25, -0.2) is 8.42 Å². The third-order valence-corrected chi connectivity index (χ3v) is 3.87. The molecule has 0 aromatic heterocycles. The van der Waals surface area contributed by atoms with Gasteiger partial charge in [0.25, 0.3) is 0 Å². The molecule has 0 aromatic carbocycles. The van der Waals surface area contributed by atoms with Crippen molar-refractivity contribution in [3.05, 3.63) is 0 Å². The van der Waals surface area contributed by atoms with Gasteiger partial charge in [0, 0.05) is 25.7 Å². The van der Waals surface area contributed by atoms with Crippen LogP contribution in [0.25, 0.3) is 0 Å². The Kier molecular flexibility index (Phi) is 3.32. The van der Waals surface area contributed by atoms with Crippen molar-refractivity contribution in [3.8, 4) is 0 Å². The molecule has 0 radical (unpaired) electrons. The van der Waals surface area contributed by atoms with Gasteiger partial charge >= 0.3 is 0 Å². The molecule has 1 unspecified atom stereocenters. The summed E-state index contributed by atoms with van der Waals surface area (Å²) in [6, 6.07) is 0.341. The van der Waals surface area contributed by atoms with Crippen LogP contribution >= 0.6 is 0 Å². The van der Waals surface area contributed by atoms with Gasteiger partial charge in [-0.1, -0.05) is 6.92 Å². The Morgan fingerprint density at radius 3 is 2.38 bits per heavy atom. The van der Waals surface area contributed by atoms with E-state index in [0.717, 1.165) is 13.1 Å². The molecule has 4 nitrogen and oxygen atoms in total. The summed E-state index contributed by atoms with van der Waals surface area (Å²) in [5, 5.41) is 0. The molecule has 1 saturated heterocycles. The Morgan fingerprint density at radius 2 is 2.00 bits per heavy atom. The number of piperazine rings is 1. The topological polar surface area (TPSA) is 40.6 Å². The zero-order chi connectivity index (χ0) is 10.1. The number of sulfonamides is 1. The van der Waals surface area contributed by atoms with Crippen LogP contribution in [-0.4, -0.2) is 56.1 Å². The highest BCUT2D eigenvalue weighted by atomic mass is 32.2. The molecule has 0 aromatic rings. The second kappa shape index (κ2) is 3.94. The zero-order valence-corrected chi connectivity index (χ0v) is 9.34. The van der Waals surface area contributed by atoms with E-state index in [-0.39, 0.29) is 0 Å². The van der Waals surface area contributed by atoms with Crippen LogP contribution in [0.15, 0.2) is 0 Å². The van der Waals surface area contributed by atoms with Gasteiger partial charge in [0.15, 0.2) is 0 Å².